The van der Waals surface area contributed by atoms with Gasteiger partial charge in [-0.2, -0.15) is 9.97 Å². The van der Waals surface area contributed by atoms with Crippen molar-refractivity contribution in [2.24, 2.45) is 0 Å². The lowest BCUT2D eigenvalue weighted by Crippen LogP contribution is -2.06. The maximum absolute atomic E-state index is 6.62. The van der Waals surface area contributed by atoms with Gasteiger partial charge in [-0.05, 0) is 59.3 Å². The molecule has 0 spiro atoms. The van der Waals surface area contributed by atoms with Crippen LogP contribution in [0.15, 0.2) is 142 Å². The highest BCUT2D eigenvalue weighted by Crippen LogP contribution is 2.44. The van der Waals surface area contributed by atoms with Crippen molar-refractivity contribution in [3.63, 3.8) is 0 Å². The molecular formula is C41H22N4O2. The van der Waals surface area contributed by atoms with Crippen molar-refractivity contribution in [1.82, 2.24) is 19.5 Å². The van der Waals surface area contributed by atoms with Gasteiger partial charge in [-0.1, -0.05) is 84.9 Å². The molecule has 218 valence electrons. The van der Waals surface area contributed by atoms with E-state index >= 15 is 0 Å². The van der Waals surface area contributed by atoms with Gasteiger partial charge in [0.15, 0.2) is 11.6 Å². The van der Waals surface area contributed by atoms with Crippen molar-refractivity contribution in [3.05, 3.63) is 133 Å². The summed E-state index contributed by atoms with van der Waals surface area (Å²) in [5.74, 6) is 1.76. The monoisotopic (exact) mass is 602 g/mol. The van der Waals surface area contributed by atoms with E-state index in [-0.39, 0.29) is 0 Å². The van der Waals surface area contributed by atoms with E-state index in [0.717, 1.165) is 87.6 Å². The summed E-state index contributed by atoms with van der Waals surface area (Å²) in [6, 6.07) is 45.5. The number of fused-ring (bicyclic) bond motifs is 3. The van der Waals surface area contributed by atoms with Crippen LogP contribution in [0.5, 0.6) is 0 Å². The third-order valence-corrected chi connectivity index (χ3v) is 9.41. The number of furan rings is 1. The van der Waals surface area contributed by atoms with E-state index in [1.54, 1.807) is 0 Å². The van der Waals surface area contributed by atoms with Gasteiger partial charge in [-0.15, -0.1) is 0 Å². The Morgan fingerprint density at radius 2 is 1.00 bits per heavy atom. The molecule has 0 fully saturated rings. The molecule has 0 atom stereocenters. The summed E-state index contributed by atoms with van der Waals surface area (Å²) in [5.41, 5.74) is 7.21. The second-order valence-electron chi connectivity index (χ2n) is 12.0. The maximum Gasteiger partial charge on any atom is 0.238 e. The predicted octanol–water partition coefficient (Wildman–Crippen LogP) is 10.7. The van der Waals surface area contributed by atoms with Gasteiger partial charge in [0.1, 0.15) is 22.3 Å². The Morgan fingerprint density at radius 3 is 1.72 bits per heavy atom. The van der Waals surface area contributed by atoms with Gasteiger partial charge in [-0.25, -0.2) is 4.98 Å². The third-order valence-electron chi connectivity index (χ3n) is 9.41. The minimum Gasteiger partial charge on any atom is -0.456 e. The smallest absolute Gasteiger partial charge is 0.238 e. The highest BCUT2D eigenvalue weighted by atomic mass is 16.3. The average Bonchev–Trinajstić information content (AvgIpc) is 3.62. The van der Waals surface area contributed by atoms with Crippen LogP contribution >= 0.6 is 0 Å². The van der Waals surface area contributed by atoms with E-state index in [9.17, 15) is 0 Å². The van der Waals surface area contributed by atoms with Crippen LogP contribution in [-0.4, -0.2) is 19.5 Å². The van der Waals surface area contributed by atoms with Crippen molar-refractivity contribution in [2.75, 3.05) is 0 Å². The standard InChI is InChI=1S/C41H22N4O2/c1-2-8-25(9-3-1)39-42-40(26-18-21-32-28(22-26)27-12-4-5-13-31(27)46-32)44-41(43-39)45-29-19-16-23-10-6-14-33-35(23)37(29)38-30(45)20-17-24-11-7-15-34(47-33)36(24)38/h1-22H. The van der Waals surface area contributed by atoms with Crippen molar-refractivity contribution in [2.45, 2.75) is 0 Å². The number of benzene rings is 7. The van der Waals surface area contributed by atoms with Crippen LogP contribution in [-0.2, 0) is 0 Å². The summed E-state index contributed by atoms with van der Waals surface area (Å²) >= 11 is 0. The van der Waals surface area contributed by atoms with Gasteiger partial charge in [0.05, 0.1) is 11.0 Å². The molecule has 0 unspecified atom stereocenters. The summed E-state index contributed by atoms with van der Waals surface area (Å²) in [7, 11) is 0. The van der Waals surface area contributed by atoms with Crippen LogP contribution in [0.2, 0.25) is 0 Å². The molecule has 6 nitrogen and oxygen atoms in total. The fourth-order valence-corrected chi connectivity index (χ4v) is 7.36. The molecule has 6 heteroatoms. The zero-order chi connectivity index (χ0) is 30.6. The van der Waals surface area contributed by atoms with Gasteiger partial charge in [0.25, 0.3) is 0 Å². The first-order valence-electron chi connectivity index (χ1n) is 15.6. The molecule has 0 bridgehead atoms. The molecular weight excluding hydrogens is 580 g/mol. The number of rotatable bonds is 3. The second kappa shape index (κ2) is 9.02. The minimum atomic E-state index is 0.557. The minimum absolute atomic E-state index is 0.557. The van der Waals surface area contributed by atoms with Crippen molar-refractivity contribution in [3.8, 4) is 28.7 Å². The van der Waals surface area contributed by atoms with Crippen molar-refractivity contribution < 1.29 is 8.83 Å². The first kappa shape index (κ1) is 24.8. The normalized spacial score (nSPS) is 12.3. The van der Waals surface area contributed by atoms with E-state index in [2.05, 4.69) is 77.4 Å². The molecule has 4 aromatic heterocycles. The molecule has 0 aliphatic rings. The molecule has 0 amide bonds. The van der Waals surface area contributed by atoms with Crippen LogP contribution in [0, 0.1) is 0 Å². The van der Waals surface area contributed by atoms with Crippen molar-refractivity contribution >= 4 is 76.5 Å². The summed E-state index contributed by atoms with van der Waals surface area (Å²) < 4.78 is 14.9. The van der Waals surface area contributed by atoms with Crippen LogP contribution in [0.3, 0.4) is 0 Å². The Kier molecular flexibility index (Phi) is 4.75. The highest BCUT2D eigenvalue weighted by molar-refractivity contribution is 6.33. The molecule has 0 saturated carbocycles. The van der Waals surface area contributed by atoms with E-state index < -0.39 is 0 Å². The zero-order valence-electron chi connectivity index (χ0n) is 24.8. The Bertz CT molecular complexity index is 2920. The van der Waals surface area contributed by atoms with Gasteiger partial charge in [0, 0.05) is 43.4 Å². The number of hydrogen-bond donors (Lipinski definition) is 0. The SMILES string of the molecule is c1ccc(-c2nc(-c3ccc4oc5ccccc5c4c3)nc(-n3c4ccc5cccc6oc7cccc8ccc3c(c87)c4c56)n2)cc1. The van der Waals surface area contributed by atoms with Crippen LogP contribution in [0.1, 0.15) is 0 Å². The van der Waals surface area contributed by atoms with Crippen LogP contribution in [0.4, 0.5) is 0 Å². The summed E-state index contributed by atoms with van der Waals surface area (Å²) in [4.78, 5) is 15.4. The number of nitrogens with zero attached hydrogens (tertiary/aromatic N) is 4. The Morgan fingerprint density at radius 1 is 0.404 bits per heavy atom. The largest absolute Gasteiger partial charge is 0.456 e. The van der Waals surface area contributed by atoms with Gasteiger partial charge >= 0.3 is 0 Å². The highest BCUT2D eigenvalue weighted by Gasteiger charge is 2.23. The van der Waals surface area contributed by atoms with E-state index in [4.69, 9.17) is 23.8 Å². The van der Waals surface area contributed by atoms with Crippen LogP contribution in [0.25, 0.3) is 105 Å². The molecule has 0 saturated heterocycles. The fourth-order valence-electron chi connectivity index (χ4n) is 7.36. The summed E-state index contributed by atoms with van der Waals surface area (Å²) in [6.07, 6.45) is 0. The van der Waals surface area contributed by atoms with Crippen molar-refractivity contribution in [1.29, 1.82) is 0 Å². The van der Waals surface area contributed by atoms with E-state index in [1.165, 1.54) is 0 Å². The quantitative estimate of drug-likeness (QED) is 0.201. The Labute approximate surface area is 266 Å². The molecule has 0 aliphatic heterocycles. The molecule has 11 rings (SSSR count). The topological polar surface area (TPSA) is 69.9 Å². The molecule has 0 N–H and O–H groups in total. The maximum atomic E-state index is 6.62. The lowest BCUT2D eigenvalue weighted by Gasteiger charge is -2.11. The first-order chi connectivity index (χ1) is 23.3. The van der Waals surface area contributed by atoms with E-state index in [0.29, 0.717) is 17.6 Å². The molecule has 0 aliphatic carbocycles. The Hall–Kier alpha value is -6.53. The summed E-state index contributed by atoms with van der Waals surface area (Å²) in [5, 5.41) is 8.79. The molecule has 7 aromatic carbocycles. The second-order valence-corrected chi connectivity index (χ2v) is 12.0. The molecule has 4 heterocycles. The average molecular weight is 603 g/mol. The predicted molar refractivity (Wildman–Crippen MR) is 188 cm³/mol. The van der Waals surface area contributed by atoms with E-state index in [1.807, 2.05) is 60.7 Å². The van der Waals surface area contributed by atoms with Gasteiger partial charge < -0.3 is 8.83 Å². The molecule has 0 radical (unpaired) electrons. The van der Waals surface area contributed by atoms with Gasteiger partial charge in [0.2, 0.25) is 5.95 Å². The summed E-state index contributed by atoms with van der Waals surface area (Å²) in [6.45, 7) is 0. The lowest BCUT2D eigenvalue weighted by molar-refractivity contribution is 0.664. The van der Waals surface area contributed by atoms with Crippen LogP contribution < -0.4 is 0 Å². The zero-order valence-corrected chi connectivity index (χ0v) is 24.8. The van der Waals surface area contributed by atoms with Gasteiger partial charge in [-0.3, -0.25) is 4.57 Å². The first-order valence-corrected chi connectivity index (χ1v) is 15.6. The number of para-hydroxylation sites is 1. The molecule has 11 aromatic rings. The number of aromatic nitrogens is 4. The number of hydrogen-bond acceptors (Lipinski definition) is 5. The Balaban J connectivity index is 1.27. The third kappa shape index (κ3) is 3.41. The fraction of sp³-hybridized carbons (Fsp3) is 0. The molecule has 47 heavy (non-hydrogen) atoms. The lowest BCUT2D eigenvalue weighted by atomic mass is 10.00.